The van der Waals surface area contributed by atoms with Gasteiger partial charge in [-0.05, 0) is 33.3 Å². The van der Waals surface area contributed by atoms with Crippen LogP contribution >= 0.6 is 0 Å². The van der Waals surface area contributed by atoms with Crippen LogP contribution in [0.2, 0.25) is 0 Å². The molecule has 8 heteroatoms. The number of hydrogen-bond donors (Lipinski definition) is 2. The van der Waals surface area contributed by atoms with Gasteiger partial charge in [0.25, 0.3) is 0 Å². The second-order valence-corrected chi connectivity index (χ2v) is 5.80. The molecule has 0 aromatic rings. The van der Waals surface area contributed by atoms with Crippen molar-refractivity contribution in [1.82, 2.24) is 0 Å². The molecule has 0 spiro atoms. The molecule has 1 aliphatic heterocycles. The number of hydrogen-bond acceptors (Lipinski definition) is 8. The Morgan fingerprint density at radius 2 is 1.58 bits per heavy atom. The van der Waals surface area contributed by atoms with Crippen LogP contribution in [0.25, 0.3) is 0 Å². The Bertz CT molecular complexity index is 486. The lowest BCUT2D eigenvalue weighted by Gasteiger charge is -2.21. The SMILES string of the molecule is C[C@@H]1CC(=O)O[C@@H](C)[C@H](O)CCC(=O)O[C@@H](C)[C@H](O)C=CC(=O)O1. The molecule has 8 nitrogen and oxygen atoms in total. The predicted octanol–water partition coefficient (Wildman–Crippen LogP) is 0.243. The number of ether oxygens (including phenoxy) is 3. The molecule has 0 saturated carbocycles. The molecule has 1 heterocycles. The van der Waals surface area contributed by atoms with Crippen molar-refractivity contribution in [3.63, 3.8) is 0 Å². The van der Waals surface area contributed by atoms with Crippen LogP contribution in [0.3, 0.4) is 0 Å². The van der Waals surface area contributed by atoms with Gasteiger partial charge in [0.2, 0.25) is 0 Å². The molecule has 0 amide bonds. The largest absolute Gasteiger partial charge is 0.460 e. The third kappa shape index (κ3) is 7.10. The zero-order valence-electron chi connectivity index (χ0n) is 14.0. The lowest BCUT2D eigenvalue weighted by Crippen LogP contribution is -2.32. The van der Waals surface area contributed by atoms with Gasteiger partial charge in [-0.2, -0.15) is 0 Å². The van der Waals surface area contributed by atoms with Crippen LogP contribution in [0.1, 0.15) is 40.0 Å². The number of carbonyl (C=O) groups excluding carboxylic acids is 3. The summed E-state index contributed by atoms with van der Waals surface area (Å²) in [6.07, 6.45) is -2.67. The molecule has 0 bridgehead atoms. The van der Waals surface area contributed by atoms with Crippen molar-refractivity contribution in [2.75, 3.05) is 0 Å². The molecule has 136 valence electrons. The smallest absolute Gasteiger partial charge is 0.330 e. The van der Waals surface area contributed by atoms with E-state index in [1.807, 2.05) is 0 Å². The average Bonchev–Trinajstić information content (AvgIpc) is 2.48. The molecule has 2 N–H and O–H groups in total. The Morgan fingerprint density at radius 1 is 0.958 bits per heavy atom. The van der Waals surface area contributed by atoms with Gasteiger partial charge >= 0.3 is 17.9 Å². The van der Waals surface area contributed by atoms with E-state index in [2.05, 4.69) is 0 Å². The topological polar surface area (TPSA) is 119 Å². The normalized spacial score (nSPS) is 34.2. The summed E-state index contributed by atoms with van der Waals surface area (Å²) in [5.41, 5.74) is 0. The van der Waals surface area contributed by atoms with Gasteiger partial charge in [0.1, 0.15) is 24.4 Å². The molecular weight excluding hydrogens is 320 g/mol. The fourth-order valence-electron chi connectivity index (χ4n) is 2.02. The second-order valence-electron chi connectivity index (χ2n) is 5.80. The molecule has 1 rings (SSSR count). The first kappa shape index (κ1) is 20.1. The van der Waals surface area contributed by atoms with Gasteiger partial charge in [-0.1, -0.05) is 0 Å². The minimum absolute atomic E-state index is 0.0521. The number of rotatable bonds is 0. The fourth-order valence-corrected chi connectivity index (χ4v) is 2.02. The summed E-state index contributed by atoms with van der Waals surface area (Å²) in [6.45, 7) is 4.51. The van der Waals surface area contributed by atoms with E-state index >= 15 is 0 Å². The molecular formula is C16H24O8. The van der Waals surface area contributed by atoms with Gasteiger partial charge < -0.3 is 24.4 Å². The Balaban J connectivity index is 2.83. The fraction of sp³-hybridized carbons (Fsp3) is 0.688. The first-order chi connectivity index (χ1) is 11.2. The van der Waals surface area contributed by atoms with Gasteiger partial charge in [-0.25, -0.2) is 4.79 Å². The van der Waals surface area contributed by atoms with E-state index in [1.54, 1.807) is 0 Å². The van der Waals surface area contributed by atoms with Crippen LogP contribution in [-0.4, -0.2) is 58.6 Å². The van der Waals surface area contributed by atoms with E-state index in [0.29, 0.717) is 0 Å². The van der Waals surface area contributed by atoms with Crippen molar-refractivity contribution < 1.29 is 38.8 Å². The predicted molar refractivity (Wildman–Crippen MR) is 81.7 cm³/mol. The van der Waals surface area contributed by atoms with Crippen LogP contribution in [0.15, 0.2) is 12.2 Å². The van der Waals surface area contributed by atoms with Crippen molar-refractivity contribution in [2.24, 2.45) is 0 Å². The number of aliphatic hydroxyl groups excluding tert-OH is 2. The number of cyclic esters (lactones) is 3. The zero-order chi connectivity index (χ0) is 18.3. The van der Waals surface area contributed by atoms with Gasteiger partial charge in [0, 0.05) is 12.5 Å². The highest BCUT2D eigenvalue weighted by molar-refractivity contribution is 5.82. The molecule has 24 heavy (non-hydrogen) atoms. The lowest BCUT2D eigenvalue weighted by molar-refractivity contribution is -0.159. The summed E-state index contributed by atoms with van der Waals surface area (Å²) >= 11 is 0. The molecule has 0 radical (unpaired) electrons. The van der Waals surface area contributed by atoms with Crippen molar-refractivity contribution >= 4 is 17.9 Å². The van der Waals surface area contributed by atoms with E-state index in [0.717, 1.165) is 12.2 Å². The van der Waals surface area contributed by atoms with E-state index in [4.69, 9.17) is 14.2 Å². The second kappa shape index (κ2) is 9.39. The minimum Gasteiger partial charge on any atom is -0.460 e. The van der Waals surface area contributed by atoms with Gasteiger partial charge in [0.15, 0.2) is 0 Å². The lowest BCUT2D eigenvalue weighted by atomic mass is 10.1. The van der Waals surface area contributed by atoms with Crippen molar-refractivity contribution in [3.05, 3.63) is 12.2 Å². The minimum atomic E-state index is -1.18. The summed E-state index contributed by atoms with van der Waals surface area (Å²) in [5.74, 6) is -1.99. The molecule has 0 fully saturated rings. The van der Waals surface area contributed by atoms with Crippen molar-refractivity contribution in [1.29, 1.82) is 0 Å². The maximum atomic E-state index is 11.7. The Morgan fingerprint density at radius 3 is 2.25 bits per heavy atom. The number of carbonyl (C=O) groups is 3. The average molecular weight is 344 g/mol. The van der Waals surface area contributed by atoms with E-state index in [9.17, 15) is 24.6 Å². The van der Waals surface area contributed by atoms with Crippen LogP contribution < -0.4 is 0 Å². The molecule has 0 aromatic carbocycles. The standard InChI is InChI=1S/C16H24O8/c1-9-8-16(21)24-11(3)13(18)5-7-15(20)23-10(2)12(17)4-6-14(19)22-9/h4,6,9-13,17-18H,5,7-8H2,1-3H3/t9-,10+,11+,12-,13-/m1/s1. The van der Waals surface area contributed by atoms with E-state index < -0.39 is 48.4 Å². The van der Waals surface area contributed by atoms with Gasteiger partial charge in [-0.3, -0.25) is 9.59 Å². The molecule has 0 aromatic heterocycles. The highest BCUT2D eigenvalue weighted by Crippen LogP contribution is 2.12. The maximum Gasteiger partial charge on any atom is 0.330 e. The quantitative estimate of drug-likeness (QED) is 0.474. The van der Waals surface area contributed by atoms with Crippen LogP contribution in [-0.2, 0) is 28.6 Å². The molecule has 1 aliphatic rings. The summed E-state index contributed by atoms with van der Waals surface area (Å²) in [7, 11) is 0. The monoisotopic (exact) mass is 344 g/mol. The molecule has 0 aliphatic carbocycles. The molecule has 0 unspecified atom stereocenters. The first-order valence-electron chi connectivity index (χ1n) is 7.83. The van der Waals surface area contributed by atoms with Gasteiger partial charge in [-0.15, -0.1) is 0 Å². The summed E-state index contributed by atoms with van der Waals surface area (Å²) in [5, 5.41) is 19.7. The summed E-state index contributed by atoms with van der Waals surface area (Å²) in [6, 6.07) is 0. The first-order valence-corrected chi connectivity index (χ1v) is 7.83. The van der Waals surface area contributed by atoms with Crippen LogP contribution in [0, 0.1) is 0 Å². The van der Waals surface area contributed by atoms with Crippen LogP contribution in [0.5, 0.6) is 0 Å². The molecule has 5 atom stereocenters. The summed E-state index contributed by atoms with van der Waals surface area (Å²) in [4.78, 5) is 35.0. The Labute approximate surface area is 140 Å². The highest BCUT2D eigenvalue weighted by Gasteiger charge is 2.24. The highest BCUT2D eigenvalue weighted by atomic mass is 16.6. The van der Waals surface area contributed by atoms with Crippen molar-refractivity contribution in [3.8, 4) is 0 Å². The third-order valence-electron chi connectivity index (χ3n) is 3.50. The summed E-state index contributed by atoms with van der Waals surface area (Å²) < 4.78 is 15.0. The molecule has 0 saturated heterocycles. The van der Waals surface area contributed by atoms with Gasteiger partial charge in [0.05, 0.1) is 12.5 Å². The Hall–Kier alpha value is -1.93. The van der Waals surface area contributed by atoms with Crippen LogP contribution in [0.4, 0.5) is 0 Å². The maximum absolute atomic E-state index is 11.7. The Kier molecular flexibility index (Phi) is 7.87. The van der Waals surface area contributed by atoms with Crippen molar-refractivity contribution in [2.45, 2.75) is 70.6 Å². The van der Waals surface area contributed by atoms with E-state index in [1.165, 1.54) is 20.8 Å². The third-order valence-corrected chi connectivity index (χ3v) is 3.50. The number of aliphatic hydroxyl groups is 2. The number of esters is 3. The zero-order valence-corrected chi connectivity index (χ0v) is 14.0. The van der Waals surface area contributed by atoms with E-state index in [-0.39, 0.29) is 19.3 Å².